The molecule has 2 heterocycles. The molecule has 120 valence electrons. The van der Waals surface area contributed by atoms with Crippen LogP contribution in [0.2, 0.25) is 0 Å². The van der Waals surface area contributed by atoms with Gasteiger partial charge in [0.2, 0.25) is 16.9 Å². The van der Waals surface area contributed by atoms with Crippen molar-refractivity contribution >= 4 is 34.0 Å². The van der Waals surface area contributed by atoms with Gasteiger partial charge in [-0.25, -0.2) is 0 Å². The average Bonchev–Trinajstić information content (AvgIpc) is 3.16. The van der Waals surface area contributed by atoms with Crippen molar-refractivity contribution in [2.75, 3.05) is 23.9 Å². The third-order valence-electron chi connectivity index (χ3n) is 3.71. The number of hydrogen-bond donors (Lipinski definition) is 1. The van der Waals surface area contributed by atoms with Gasteiger partial charge in [0, 0.05) is 13.0 Å². The molecular formula is C15H16N4O3S. The number of nitrogens with zero attached hydrogens (tertiary/aromatic N) is 3. The SMILES string of the molecule is COc1ccc(C)cc1N1C[C@@H](C(=O)Nc2nncs2)CC1=O. The van der Waals surface area contributed by atoms with Crippen molar-refractivity contribution in [1.29, 1.82) is 0 Å². The van der Waals surface area contributed by atoms with E-state index in [2.05, 4.69) is 15.5 Å². The molecule has 0 aliphatic carbocycles. The van der Waals surface area contributed by atoms with E-state index in [0.29, 0.717) is 23.1 Å². The van der Waals surface area contributed by atoms with Crippen molar-refractivity contribution in [3.05, 3.63) is 29.3 Å². The van der Waals surface area contributed by atoms with Crippen LogP contribution in [0, 0.1) is 12.8 Å². The highest BCUT2D eigenvalue weighted by molar-refractivity contribution is 7.13. The largest absolute Gasteiger partial charge is 0.495 e. The number of aromatic nitrogens is 2. The number of carbonyl (C=O) groups excluding carboxylic acids is 2. The maximum absolute atomic E-state index is 12.3. The Bertz CT molecular complexity index is 732. The second-order valence-corrected chi connectivity index (χ2v) is 6.15. The Labute approximate surface area is 137 Å². The number of aryl methyl sites for hydroxylation is 1. The van der Waals surface area contributed by atoms with E-state index in [4.69, 9.17) is 4.74 Å². The maximum Gasteiger partial charge on any atom is 0.231 e. The molecule has 0 bridgehead atoms. The number of hydrogen-bond acceptors (Lipinski definition) is 6. The van der Waals surface area contributed by atoms with Gasteiger partial charge in [-0.2, -0.15) is 0 Å². The summed E-state index contributed by atoms with van der Waals surface area (Å²) in [7, 11) is 1.56. The Hall–Kier alpha value is -2.48. The molecule has 0 radical (unpaired) electrons. The summed E-state index contributed by atoms with van der Waals surface area (Å²) in [5.74, 6) is -0.110. The zero-order chi connectivity index (χ0) is 16.4. The summed E-state index contributed by atoms with van der Waals surface area (Å²) in [4.78, 5) is 26.2. The fourth-order valence-corrected chi connectivity index (χ4v) is 3.01. The lowest BCUT2D eigenvalue weighted by molar-refractivity contribution is -0.122. The zero-order valence-electron chi connectivity index (χ0n) is 12.8. The Morgan fingerprint density at radius 3 is 3.00 bits per heavy atom. The molecule has 1 N–H and O–H groups in total. The highest BCUT2D eigenvalue weighted by Gasteiger charge is 2.36. The molecule has 1 saturated heterocycles. The van der Waals surface area contributed by atoms with Gasteiger partial charge in [0.25, 0.3) is 0 Å². The van der Waals surface area contributed by atoms with E-state index in [0.717, 1.165) is 5.56 Å². The van der Waals surface area contributed by atoms with Crippen LogP contribution in [0.1, 0.15) is 12.0 Å². The van der Waals surface area contributed by atoms with Crippen molar-refractivity contribution in [1.82, 2.24) is 10.2 Å². The monoisotopic (exact) mass is 332 g/mol. The molecule has 1 aliphatic heterocycles. The number of nitrogens with one attached hydrogen (secondary N) is 1. The summed E-state index contributed by atoms with van der Waals surface area (Å²) in [5.41, 5.74) is 3.26. The Balaban J connectivity index is 1.77. The van der Waals surface area contributed by atoms with E-state index >= 15 is 0 Å². The summed E-state index contributed by atoms with van der Waals surface area (Å²) in [6.07, 6.45) is 0.168. The number of rotatable bonds is 4. The van der Waals surface area contributed by atoms with E-state index < -0.39 is 5.92 Å². The first kappa shape index (κ1) is 15.4. The lowest BCUT2D eigenvalue weighted by atomic mass is 10.1. The molecule has 8 heteroatoms. The van der Waals surface area contributed by atoms with E-state index in [9.17, 15) is 9.59 Å². The van der Waals surface area contributed by atoms with Crippen molar-refractivity contribution < 1.29 is 14.3 Å². The highest BCUT2D eigenvalue weighted by Crippen LogP contribution is 2.34. The van der Waals surface area contributed by atoms with Gasteiger partial charge in [-0.05, 0) is 24.6 Å². The number of ether oxygens (including phenoxy) is 1. The number of methoxy groups -OCH3 is 1. The Morgan fingerprint density at radius 1 is 1.48 bits per heavy atom. The summed E-state index contributed by atoms with van der Waals surface area (Å²) in [6, 6.07) is 5.64. The summed E-state index contributed by atoms with van der Waals surface area (Å²) in [5, 5.41) is 10.6. The molecule has 1 aromatic heterocycles. The molecule has 3 rings (SSSR count). The van der Waals surface area contributed by atoms with Crippen LogP contribution in [-0.2, 0) is 9.59 Å². The number of carbonyl (C=O) groups is 2. The van der Waals surface area contributed by atoms with Gasteiger partial charge < -0.3 is 15.0 Å². The van der Waals surface area contributed by atoms with Crippen LogP contribution in [0.5, 0.6) is 5.75 Å². The molecular weight excluding hydrogens is 316 g/mol. The van der Waals surface area contributed by atoms with Gasteiger partial charge in [-0.1, -0.05) is 17.4 Å². The second kappa shape index (κ2) is 6.33. The van der Waals surface area contributed by atoms with E-state index in [1.165, 1.54) is 11.3 Å². The van der Waals surface area contributed by atoms with Crippen LogP contribution >= 0.6 is 11.3 Å². The smallest absolute Gasteiger partial charge is 0.231 e. The van der Waals surface area contributed by atoms with Crippen molar-refractivity contribution in [2.45, 2.75) is 13.3 Å². The van der Waals surface area contributed by atoms with E-state index in [1.54, 1.807) is 17.5 Å². The average molecular weight is 332 g/mol. The third-order valence-corrected chi connectivity index (χ3v) is 4.32. The lowest BCUT2D eigenvalue weighted by Gasteiger charge is -2.20. The van der Waals surface area contributed by atoms with E-state index in [1.807, 2.05) is 25.1 Å². The summed E-state index contributed by atoms with van der Waals surface area (Å²) >= 11 is 1.24. The Kier molecular flexibility index (Phi) is 4.24. The predicted molar refractivity (Wildman–Crippen MR) is 86.7 cm³/mol. The molecule has 2 aromatic rings. The minimum Gasteiger partial charge on any atom is -0.495 e. The highest BCUT2D eigenvalue weighted by atomic mass is 32.1. The molecule has 23 heavy (non-hydrogen) atoms. The molecule has 1 aliphatic rings. The molecule has 2 amide bonds. The van der Waals surface area contributed by atoms with Crippen molar-refractivity contribution in [3.8, 4) is 5.75 Å². The van der Waals surface area contributed by atoms with Gasteiger partial charge in [-0.15, -0.1) is 10.2 Å². The minimum atomic E-state index is -0.420. The molecule has 1 atom stereocenters. The quantitative estimate of drug-likeness (QED) is 0.923. The fourth-order valence-electron chi connectivity index (χ4n) is 2.56. The lowest BCUT2D eigenvalue weighted by Crippen LogP contribution is -2.28. The molecule has 7 nitrogen and oxygen atoms in total. The number of anilines is 2. The molecule has 0 spiro atoms. The Morgan fingerprint density at radius 2 is 2.30 bits per heavy atom. The van der Waals surface area contributed by atoms with E-state index in [-0.39, 0.29) is 18.2 Å². The first-order valence-electron chi connectivity index (χ1n) is 7.10. The summed E-state index contributed by atoms with van der Waals surface area (Å²) < 4.78 is 5.33. The van der Waals surface area contributed by atoms with Crippen LogP contribution in [-0.4, -0.2) is 35.7 Å². The van der Waals surface area contributed by atoms with Gasteiger partial charge in [0.05, 0.1) is 18.7 Å². The van der Waals surface area contributed by atoms with Gasteiger partial charge in [-0.3, -0.25) is 9.59 Å². The predicted octanol–water partition coefficient (Wildman–Crippen LogP) is 1.85. The summed E-state index contributed by atoms with van der Waals surface area (Å²) in [6.45, 7) is 2.27. The molecule has 1 fully saturated rings. The van der Waals surface area contributed by atoms with Crippen molar-refractivity contribution in [3.63, 3.8) is 0 Å². The number of benzene rings is 1. The normalized spacial score (nSPS) is 17.4. The van der Waals surface area contributed by atoms with Crippen LogP contribution in [0.4, 0.5) is 10.8 Å². The number of amides is 2. The fraction of sp³-hybridized carbons (Fsp3) is 0.333. The second-order valence-electron chi connectivity index (χ2n) is 5.31. The van der Waals surface area contributed by atoms with Crippen LogP contribution in [0.3, 0.4) is 0 Å². The van der Waals surface area contributed by atoms with Crippen LogP contribution in [0.15, 0.2) is 23.7 Å². The minimum absolute atomic E-state index is 0.0914. The van der Waals surface area contributed by atoms with Crippen molar-refractivity contribution in [2.24, 2.45) is 5.92 Å². The zero-order valence-corrected chi connectivity index (χ0v) is 13.6. The van der Waals surface area contributed by atoms with Gasteiger partial charge in [0.15, 0.2) is 0 Å². The maximum atomic E-state index is 12.3. The molecule has 1 aromatic carbocycles. The molecule has 0 unspecified atom stereocenters. The third kappa shape index (κ3) is 3.16. The van der Waals surface area contributed by atoms with Crippen LogP contribution < -0.4 is 15.0 Å². The first-order chi connectivity index (χ1) is 11.1. The van der Waals surface area contributed by atoms with Crippen LogP contribution in [0.25, 0.3) is 0 Å². The van der Waals surface area contributed by atoms with Gasteiger partial charge >= 0.3 is 0 Å². The molecule has 0 saturated carbocycles. The van der Waals surface area contributed by atoms with Gasteiger partial charge in [0.1, 0.15) is 11.3 Å². The topological polar surface area (TPSA) is 84.4 Å². The standard InChI is InChI=1S/C15H16N4O3S/c1-9-3-4-12(22-2)11(5-9)19-7-10(6-13(19)20)14(21)17-15-18-16-8-23-15/h3-5,8,10H,6-7H2,1-2H3,(H,17,18,21)/t10-/m0/s1. The first-order valence-corrected chi connectivity index (χ1v) is 7.98.